The first kappa shape index (κ1) is 20.1. The van der Waals surface area contributed by atoms with Crippen LogP contribution in [0, 0.1) is 11.3 Å². The molecule has 0 radical (unpaired) electrons. The monoisotopic (exact) mass is 370 g/mol. The van der Waals surface area contributed by atoms with Gasteiger partial charge in [-0.1, -0.05) is 36.4 Å². The van der Waals surface area contributed by atoms with Crippen LogP contribution in [-0.2, 0) is 6.54 Å². The molecule has 0 aliphatic heterocycles. The number of carboxylic acid groups (broad SMARTS) is 1. The Morgan fingerprint density at radius 3 is 2.37 bits per heavy atom. The van der Waals surface area contributed by atoms with Gasteiger partial charge in [0, 0.05) is 6.54 Å². The number of hydrogen-bond donors (Lipinski definition) is 2. The van der Waals surface area contributed by atoms with Crippen LogP contribution in [0.25, 0.3) is 0 Å². The number of methoxy groups -OCH3 is 2. The third-order valence-electron chi connectivity index (χ3n) is 4.18. The molecule has 7 nitrogen and oxygen atoms in total. The molecule has 0 aliphatic carbocycles. The van der Waals surface area contributed by atoms with E-state index in [9.17, 15) is 20.3 Å². The topological polar surface area (TPSA) is 103 Å². The van der Waals surface area contributed by atoms with Gasteiger partial charge in [-0.05, 0) is 23.3 Å². The third-order valence-corrected chi connectivity index (χ3v) is 4.18. The van der Waals surface area contributed by atoms with Crippen LogP contribution in [0.1, 0.15) is 17.0 Å². The zero-order valence-corrected chi connectivity index (χ0v) is 15.2. The number of ether oxygens (including phenoxy) is 2. The molecule has 2 unspecified atom stereocenters. The van der Waals surface area contributed by atoms with Gasteiger partial charge in [-0.25, -0.2) is 4.79 Å². The van der Waals surface area contributed by atoms with Crippen molar-refractivity contribution in [1.29, 1.82) is 5.26 Å². The number of nitrogens with zero attached hydrogens (tertiary/aromatic N) is 2. The summed E-state index contributed by atoms with van der Waals surface area (Å²) in [6, 6.07) is 16.0. The average Bonchev–Trinajstić information content (AvgIpc) is 2.68. The van der Waals surface area contributed by atoms with Crippen LogP contribution in [0.5, 0.6) is 11.5 Å². The molecule has 2 aromatic rings. The number of amides is 1. The van der Waals surface area contributed by atoms with Crippen LogP contribution < -0.4 is 9.47 Å². The number of nitriles is 1. The second kappa shape index (κ2) is 9.46. The molecular formula is C20H22N2O5. The molecule has 0 saturated carbocycles. The summed E-state index contributed by atoms with van der Waals surface area (Å²) in [6.45, 7) is -0.0753. The summed E-state index contributed by atoms with van der Waals surface area (Å²) in [7, 11) is 2.98. The molecule has 0 heterocycles. The van der Waals surface area contributed by atoms with E-state index < -0.39 is 18.1 Å². The van der Waals surface area contributed by atoms with E-state index in [1.807, 2.05) is 24.3 Å². The molecule has 0 aliphatic rings. The normalized spacial score (nSPS) is 12.5. The zero-order valence-electron chi connectivity index (χ0n) is 15.2. The number of benzene rings is 2. The first-order chi connectivity index (χ1) is 13.0. The average molecular weight is 370 g/mol. The lowest BCUT2D eigenvalue weighted by molar-refractivity contribution is 0.0873. The summed E-state index contributed by atoms with van der Waals surface area (Å²) in [5.41, 5.74) is 1.32. The second-order valence-corrected chi connectivity index (χ2v) is 5.94. The van der Waals surface area contributed by atoms with Gasteiger partial charge >= 0.3 is 6.09 Å². The Labute approximate surface area is 158 Å². The van der Waals surface area contributed by atoms with Gasteiger partial charge in [0.2, 0.25) is 0 Å². The fourth-order valence-electron chi connectivity index (χ4n) is 2.77. The summed E-state index contributed by atoms with van der Waals surface area (Å²) in [6.07, 6.45) is -2.37. The minimum Gasteiger partial charge on any atom is -0.493 e. The molecule has 2 rings (SSSR count). The zero-order chi connectivity index (χ0) is 19.8. The molecule has 0 bridgehead atoms. The summed E-state index contributed by atoms with van der Waals surface area (Å²) in [4.78, 5) is 12.7. The highest BCUT2D eigenvalue weighted by Gasteiger charge is 2.26. The van der Waals surface area contributed by atoms with Crippen LogP contribution in [-0.4, -0.2) is 48.1 Å². The lowest BCUT2D eigenvalue weighted by atomic mass is 9.94. The van der Waals surface area contributed by atoms with Crippen molar-refractivity contribution in [3.8, 4) is 17.6 Å². The van der Waals surface area contributed by atoms with E-state index in [-0.39, 0.29) is 13.1 Å². The van der Waals surface area contributed by atoms with Gasteiger partial charge in [0.15, 0.2) is 11.5 Å². The van der Waals surface area contributed by atoms with Crippen LogP contribution in [0.4, 0.5) is 4.79 Å². The Morgan fingerprint density at radius 2 is 1.81 bits per heavy atom. The molecule has 0 fully saturated rings. The lowest BCUT2D eigenvalue weighted by Crippen LogP contribution is -2.38. The summed E-state index contributed by atoms with van der Waals surface area (Å²) in [5, 5.41) is 29.5. The van der Waals surface area contributed by atoms with Crippen molar-refractivity contribution in [1.82, 2.24) is 4.90 Å². The maximum atomic E-state index is 11.6. The quantitative estimate of drug-likeness (QED) is 0.741. The van der Waals surface area contributed by atoms with Gasteiger partial charge in [-0.3, -0.25) is 0 Å². The van der Waals surface area contributed by atoms with Gasteiger partial charge in [-0.2, -0.15) is 5.26 Å². The van der Waals surface area contributed by atoms with E-state index in [4.69, 9.17) is 9.47 Å². The molecule has 27 heavy (non-hydrogen) atoms. The van der Waals surface area contributed by atoms with E-state index in [0.717, 1.165) is 10.5 Å². The largest absolute Gasteiger partial charge is 0.493 e. The van der Waals surface area contributed by atoms with Crippen molar-refractivity contribution < 1.29 is 24.5 Å². The number of carbonyl (C=O) groups is 1. The van der Waals surface area contributed by atoms with E-state index in [0.29, 0.717) is 17.1 Å². The Bertz CT molecular complexity index is 804. The predicted molar refractivity (Wildman–Crippen MR) is 98.8 cm³/mol. The van der Waals surface area contributed by atoms with Crippen molar-refractivity contribution >= 4 is 6.09 Å². The molecule has 0 aromatic heterocycles. The number of hydrogen-bond acceptors (Lipinski definition) is 5. The summed E-state index contributed by atoms with van der Waals surface area (Å²) < 4.78 is 10.4. The highest BCUT2D eigenvalue weighted by atomic mass is 16.5. The number of aliphatic hydroxyl groups is 1. The van der Waals surface area contributed by atoms with Crippen molar-refractivity contribution in [3.05, 3.63) is 59.7 Å². The molecule has 142 valence electrons. The molecule has 2 atom stereocenters. The standard InChI is InChI=1S/C20H22N2O5/c1-26-18-9-8-15(10-19(18)27-2)16(11-21)17(23)13-22(20(24)25)12-14-6-4-3-5-7-14/h3-10,16-17,23H,12-13H2,1-2H3,(H,24,25). The Hall–Kier alpha value is -3.24. The highest BCUT2D eigenvalue weighted by Crippen LogP contribution is 2.31. The van der Waals surface area contributed by atoms with Crippen molar-refractivity contribution in [2.45, 2.75) is 18.6 Å². The fraction of sp³-hybridized carbons (Fsp3) is 0.300. The van der Waals surface area contributed by atoms with Crippen LogP contribution in [0.2, 0.25) is 0 Å². The molecule has 1 amide bonds. The van der Waals surface area contributed by atoms with Crippen LogP contribution in [0.15, 0.2) is 48.5 Å². The van der Waals surface area contributed by atoms with Gasteiger partial charge in [0.25, 0.3) is 0 Å². The van der Waals surface area contributed by atoms with E-state index in [1.54, 1.807) is 30.3 Å². The molecule has 0 saturated heterocycles. The van der Waals surface area contributed by atoms with Gasteiger partial charge in [-0.15, -0.1) is 0 Å². The summed E-state index contributed by atoms with van der Waals surface area (Å²) in [5.74, 6) is 0.0212. The Morgan fingerprint density at radius 1 is 1.15 bits per heavy atom. The van der Waals surface area contributed by atoms with Crippen molar-refractivity contribution in [2.75, 3.05) is 20.8 Å². The number of rotatable bonds is 8. The van der Waals surface area contributed by atoms with Crippen LogP contribution in [0.3, 0.4) is 0 Å². The van der Waals surface area contributed by atoms with E-state index in [1.165, 1.54) is 14.2 Å². The van der Waals surface area contributed by atoms with Crippen molar-refractivity contribution in [2.24, 2.45) is 0 Å². The molecule has 0 spiro atoms. The van der Waals surface area contributed by atoms with Gasteiger partial charge in [0.1, 0.15) is 0 Å². The Kier molecular flexibility index (Phi) is 7.03. The first-order valence-electron chi connectivity index (χ1n) is 8.31. The smallest absolute Gasteiger partial charge is 0.407 e. The maximum absolute atomic E-state index is 11.6. The molecule has 2 aromatic carbocycles. The lowest BCUT2D eigenvalue weighted by Gasteiger charge is -2.25. The molecule has 7 heteroatoms. The first-order valence-corrected chi connectivity index (χ1v) is 8.31. The minimum absolute atomic E-state index is 0.122. The Balaban J connectivity index is 2.18. The molecule has 2 N–H and O–H groups in total. The van der Waals surface area contributed by atoms with Crippen LogP contribution >= 0.6 is 0 Å². The number of aliphatic hydroxyl groups excluding tert-OH is 1. The predicted octanol–water partition coefficient (Wildman–Crippen LogP) is 2.85. The summed E-state index contributed by atoms with van der Waals surface area (Å²) >= 11 is 0. The van der Waals surface area contributed by atoms with Crippen molar-refractivity contribution in [3.63, 3.8) is 0 Å². The SMILES string of the molecule is COc1ccc(C(C#N)C(O)CN(Cc2ccccc2)C(=O)O)cc1OC. The maximum Gasteiger partial charge on any atom is 0.407 e. The molecular weight excluding hydrogens is 348 g/mol. The second-order valence-electron chi connectivity index (χ2n) is 5.94. The fourth-order valence-corrected chi connectivity index (χ4v) is 2.77. The third kappa shape index (κ3) is 5.12. The highest BCUT2D eigenvalue weighted by molar-refractivity contribution is 5.65. The van der Waals surface area contributed by atoms with E-state index in [2.05, 4.69) is 0 Å². The minimum atomic E-state index is -1.20. The van der Waals surface area contributed by atoms with Gasteiger partial charge in [0.05, 0.1) is 38.9 Å². The van der Waals surface area contributed by atoms with E-state index >= 15 is 0 Å². The van der Waals surface area contributed by atoms with Gasteiger partial charge < -0.3 is 24.6 Å².